The van der Waals surface area contributed by atoms with Gasteiger partial charge in [0.2, 0.25) is 0 Å². The number of nitrogen functional groups attached to an aromatic ring is 1. The Morgan fingerprint density at radius 2 is 2.29 bits per heavy atom. The van der Waals surface area contributed by atoms with Crippen LogP contribution in [-0.4, -0.2) is 16.8 Å². The summed E-state index contributed by atoms with van der Waals surface area (Å²) in [6, 6.07) is 4.46. The molecule has 0 radical (unpaired) electrons. The number of aromatic nitrogens is 2. The number of nitrogens with two attached hydrogens (primary N) is 1. The highest BCUT2D eigenvalue weighted by molar-refractivity contribution is 5.54. The lowest BCUT2D eigenvalue weighted by molar-refractivity contribution is 0.321. The van der Waals surface area contributed by atoms with Crippen LogP contribution in [0.4, 0.5) is 22.1 Å². The first kappa shape index (κ1) is 11.2. The van der Waals surface area contributed by atoms with Gasteiger partial charge in [-0.1, -0.05) is 10.2 Å². The van der Waals surface area contributed by atoms with E-state index in [1.807, 2.05) is 0 Å². The molecule has 0 bridgehead atoms. The van der Waals surface area contributed by atoms with E-state index in [9.17, 15) is 4.39 Å². The van der Waals surface area contributed by atoms with E-state index in [0.717, 1.165) is 0 Å². The summed E-state index contributed by atoms with van der Waals surface area (Å²) >= 11 is 0. The van der Waals surface area contributed by atoms with Crippen LogP contribution in [0.25, 0.3) is 0 Å². The normalized spacial score (nSPS) is 10.2. The summed E-state index contributed by atoms with van der Waals surface area (Å²) in [5.41, 5.74) is 5.72. The average Bonchev–Trinajstić information content (AvgIpc) is 2.68. The minimum Gasteiger partial charge on any atom is -0.491 e. The zero-order valence-electron chi connectivity index (χ0n) is 9.11. The lowest BCUT2D eigenvalue weighted by Gasteiger charge is -2.06. The molecule has 0 aliphatic carbocycles. The maximum absolute atomic E-state index is 13.5. The minimum absolute atomic E-state index is 0.0566. The fourth-order valence-electron chi connectivity index (χ4n) is 1.26. The zero-order valence-corrected chi connectivity index (χ0v) is 9.11. The Morgan fingerprint density at radius 1 is 1.47 bits per heavy atom. The van der Waals surface area contributed by atoms with Crippen LogP contribution in [0.1, 0.15) is 6.92 Å². The van der Waals surface area contributed by atoms with Gasteiger partial charge in [-0.2, -0.15) is 0 Å². The molecule has 1 aromatic carbocycles. The predicted octanol–water partition coefficient (Wildman–Crippen LogP) is 1.93. The quantitative estimate of drug-likeness (QED) is 0.846. The van der Waals surface area contributed by atoms with Crippen LogP contribution in [0.3, 0.4) is 0 Å². The van der Waals surface area contributed by atoms with E-state index in [1.54, 1.807) is 13.0 Å². The van der Waals surface area contributed by atoms with Crippen molar-refractivity contribution >= 4 is 17.7 Å². The second kappa shape index (κ2) is 4.69. The molecule has 90 valence electrons. The Kier molecular flexibility index (Phi) is 3.08. The Bertz CT molecular complexity index is 515. The number of hydrogen-bond acceptors (Lipinski definition) is 6. The molecule has 0 fully saturated rings. The molecule has 7 heteroatoms. The predicted molar refractivity (Wildman–Crippen MR) is 59.6 cm³/mol. The first-order chi connectivity index (χ1) is 8.19. The van der Waals surface area contributed by atoms with E-state index in [1.165, 1.54) is 12.1 Å². The van der Waals surface area contributed by atoms with Crippen LogP contribution in [-0.2, 0) is 0 Å². The molecule has 0 aliphatic heterocycles. The number of nitrogens with one attached hydrogen (secondary N) is 1. The van der Waals surface area contributed by atoms with E-state index >= 15 is 0 Å². The second-order valence-corrected chi connectivity index (χ2v) is 3.15. The molecule has 6 nitrogen and oxygen atoms in total. The first-order valence-electron chi connectivity index (χ1n) is 4.97. The standard InChI is InChI=1S/C10H11FN4O2/c1-2-16-8-4-3-6(5-7(8)11)13-10-15-14-9(12)17-10/h3-5H,2H2,1H3,(H2,12,14)(H,13,15). The maximum atomic E-state index is 13.5. The lowest BCUT2D eigenvalue weighted by Crippen LogP contribution is -1.96. The molecule has 2 rings (SSSR count). The number of hydrogen-bond donors (Lipinski definition) is 2. The molecular formula is C10H11FN4O2. The van der Waals surface area contributed by atoms with Gasteiger partial charge in [-0.25, -0.2) is 4.39 Å². The highest BCUT2D eigenvalue weighted by Crippen LogP contribution is 2.23. The average molecular weight is 238 g/mol. The summed E-state index contributed by atoms with van der Waals surface area (Å²) in [5.74, 6) is -0.271. The van der Waals surface area contributed by atoms with Crippen LogP contribution < -0.4 is 15.8 Å². The van der Waals surface area contributed by atoms with Crippen molar-refractivity contribution in [1.29, 1.82) is 0 Å². The third-order valence-corrected chi connectivity index (χ3v) is 1.92. The number of ether oxygens (including phenoxy) is 1. The Balaban J connectivity index is 2.14. The molecule has 0 atom stereocenters. The van der Waals surface area contributed by atoms with Gasteiger partial charge in [-0.15, -0.1) is 0 Å². The molecule has 3 N–H and O–H groups in total. The van der Waals surface area contributed by atoms with Crippen molar-refractivity contribution in [3.8, 4) is 5.75 Å². The molecule has 17 heavy (non-hydrogen) atoms. The van der Waals surface area contributed by atoms with E-state index in [4.69, 9.17) is 14.9 Å². The Labute approximate surface area is 96.6 Å². The van der Waals surface area contributed by atoms with Gasteiger partial charge in [0.05, 0.1) is 6.61 Å². The SMILES string of the molecule is CCOc1ccc(Nc2nnc(N)o2)cc1F. The summed E-state index contributed by atoms with van der Waals surface area (Å²) in [5, 5.41) is 9.77. The molecule has 1 aromatic heterocycles. The molecule has 2 aromatic rings. The number of halogens is 1. The van der Waals surface area contributed by atoms with Gasteiger partial charge in [0.25, 0.3) is 0 Å². The van der Waals surface area contributed by atoms with E-state index in [2.05, 4.69) is 15.5 Å². The number of rotatable bonds is 4. The number of benzene rings is 1. The van der Waals surface area contributed by atoms with Gasteiger partial charge in [-0.3, -0.25) is 0 Å². The molecular weight excluding hydrogens is 227 g/mol. The van der Waals surface area contributed by atoms with E-state index in [0.29, 0.717) is 12.3 Å². The van der Waals surface area contributed by atoms with Gasteiger partial charge in [-0.05, 0) is 19.1 Å². The van der Waals surface area contributed by atoms with Gasteiger partial charge in [0.1, 0.15) is 0 Å². The molecule has 0 unspecified atom stereocenters. The summed E-state index contributed by atoms with van der Waals surface area (Å²) < 4.78 is 23.5. The third kappa shape index (κ3) is 2.63. The van der Waals surface area contributed by atoms with Gasteiger partial charge < -0.3 is 20.2 Å². The highest BCUT2D eigenvalue weighted by atomic mass is 19.1. The number of anilines is 3. The fraction of sp³-hybridized carbons (Fsp3) is 0.200. The molecule has 0 saturated heterocycles. The van der Waals surface area contributed by atoms with Gasteiger partial charge in [0, 0.05) is 11.8 Å². The zero-order chi connectivity index (χ0) is 12.3. The largest absolute Gasteiger partial charge is 0.491 e. The Hall–Kier alpha value is -2.31. The summed E-state index contributed by atoms with van der Waals surface area (Å²) in [6.45, 7) is 2.19. The van der Waals surface area contributed by atoms with Gasteiger partial charge >= 0.3 is 12.0 Å². The van der Waals surface area contributed by atoms with Crippen LogP contribution in [0, 0.1) is 5.82 Å². The smallest absolute Gasteiger partial charge is 0.321 e. The van der Waals surface area contributed by atoms with Gasteiger partial charge in [0.15, 0.2) is 11.6 Å². The molecule has 1 heterocycles. The summed E-state index contributed by atoms with van der Waals surface area (Å²) in [7, 11) is 0. The van der Waals surface area contributed by atoms with Crippen molar-refractivity contribution in [1.82, 2.24) is 10.2 Å². The fourth-order valence-corrected chi connectivity index (χ4v) is 1.26. The van der Waals surface area contributed by atoms with Crippen molar-refractivity contribution in [2.24, 2.45) is 0 Å². The minimum atomic E-state index is -0.468. The maximum Gasteiger partial charge on any atom is 0.321 e. The molecule has 0 amide bonds. The second-order valence-electron chi connectivity index (χ2n) is 3.15. The summed E-state index contributed by atoms with van der Waals surface area (Å²) in [6.07, 6.45) is 0. The molecule has 0 spiro atoms. The third-order valence-electron chi connectivity index (χ3n) is 1.92. The first-order valence-corrected chi connectivity index (χ1v) is 4.97. The topological polar surface area (TPSA) is 86.2 Å². The van der Waals surface area contributed by atoms with Crippen LogP contribution >= 0.6 is 0 Å². The van der Waals surface area contributed by atoms with Crippen molar-refractivity contribution in [3.05, 3.63) is 24.0 Å². The monoisotopic (exact) mass is 238 g/mol. The molecule has 0 aliphatic rings. The highest BCUT2D eigenvalue weighted by Gasteiger charge is 2.07. The lowest BCUT2D eigenvalue weighted by atomic mass is 10.3. The molecule has 0 saturated carbocycles. The van der Waals surface area contributed by atoms with E-state index < -0.39 is 5.82 Å². The van der Waals surface area contributed by atoms with Crippen molar-refractivity contribution in [2.45, 2.75) is 6.92 Å². The van der Waals surface area contributed by atoms with Crippen LogP contribution in [0.15, 0.2) is 22.6 Å². The summed E-state index contributed by atoms with van der Waals surface area (Å²) in [4.78, 5) is 0. The van der Waals surface area contributed by atoms with E-state index in [-0.39, 0.29) is 17.8 Å². The van der Waals surface area contributed by atoms with Crippen molar-refractivity contribution in [3.63, 3.8) is 0 Å². The van der Waals surface area contributed by atoms with Crippen molar-refractivity contribution < 1.29 is 13.5 Å². The Morgan fingerprint density at radius 3 is 2.88 bits per heavy atom. The number of nitrogens with zero attached hydrogens (tertiary/aromatic N) is 2. The van der Waals surface area contributed by atoms with Crippen LogP contribution in [0.2, 0.25) is 0 Å². The van der Waals surface area contributed by atoms with Crippen molar-refractivity contribution in [2.75, 3.05) is 17.7 Å². The van der Waals surface area contributed by atoms with Crippen LogP contribution in [0.5, 0.6) is 5.75 Å².